The number of hydrogen-bond acceptors (Lipinski definition) is 5. The van der Waals surface area contributed by atoms with Crippen LogP contribution >= 0.6 is 0 Å². The van der Waals surface area contributed by atoms with Gasteiger partial charge in [0.2, 0.25) is 0 Å². The molecule has 6 heterocycles. The molecule has 0 bridgehead atoms. The minimum Gasteiger partial charge on any atom is -0.509 e. The van der Waals surface area contributed by atoms with Gasteiger partial charge in [-0.2, -0.15) is 18.8 Å². The Bertz CT molecular complexity index is 3980. The van der Waals surface area contributed by atoms with Gasteiger partial charge in [0.15, 0.2) is 0 Å². The minimum atomic E-state index is 0. The number of aromatic nitrogens is 5. The van der Waals surface area contributed by atoms with E-state index in [1.807, 2.05) is 42.9 Å². The SMILES string of the molecule is Cc1cc(-n2c3[c-]c(Oc4[c-]c(N5[CH-]N(C)c6ccccc65)ccc4)ccc3c3ccccc32)ncc1-c1c(-n2c3ccccc3c3ccccc32)cncc1-n1c2ccccc2c2ccccc21.[Pt]. The van der Waals surface area contributed by atoms with Crippen molar-refractivity contribution in [1.29, 1.82) is 0 Å². The largest absolute Gasteiger partial charge is 0.509 e. The number of aryl methyl sites for hydroxylation is 1. The third-order valence-corrected chi connectivity index (χ3v) is 13.7. The van der Waals surface area contributed by atoms with Crippen molar-refractivity contribution in [1.82, 2.24) is 23.7 Å². The number of anilines is 3. The molecule has 0 atom stereocenters. The van der Waals surface area contributed by atoms with Crippen LogP contribution in [0.15, 0.2) is 201 Å². The standard InChI is InChI=1S/C61H40N7O.Pt/c1-39-32-60(68-54-27-12-7-22-47(54)48-31-30-42(34-57(48)68)69-41-17-15-16-40(33-41)65-38-64(2)55-28-13-14-29-56(55)65)63-35-49(39)61-58(66-50-23-8-3-18-43(50)44-19-4-9-24-51(44)66)36-62-37-59(61)67-52-25-10-5-20-45(52)46-21-6-11-26-53(46)67;/h3-32,35-38H,1-2H3;/q-3;. The van der Waals surface area contributed by atoms with Crippen molar-refractivity contribution in [2.24, 2.45) is 0 Å². The fraction of sp³-hybridized carbons (Fsp3) is 0.0328. The van der Waals surface area contributed by atoms with Gasteiger partial charge in [0.05, 0.1) is 45.8 Å². The molecule has 14 rings (SSSR count). The molecule has 1 aliphatic rings. The normalized spacial score (nSPS) is 12.5. The number of benzene rings is 8. The van der Waals surface area contributed by atoms with Gasteiger partial charge in [-0.05, 0) is 73.5 Å². The molecule has 0 spiro atoms. The predicted octanol–water partition coefficient (Wildman–Crippen LogP) is 14.8. The maximum atomic E-state index is 6.60. The second kappa shape index (κ2) is 16.4. The summed E-state index contributed by atoms with van der Waals surface area (Å²) in [5.41, 5.74) is 14.5. The molecule has 8 nitrogen and oxygen atoms in total. The monoisotopic (exact) mass is 1080 g/mol. The van der Waals surface area contributed by atoms with Crippen LogP contribution in [0.3, 0.4) is 0 Å². The molecule has 0 fully saturated rings. The van der Waals surface area contributed by atoms with E-state index in [0.29, 0.717) is 11.5 Å². The zero-order chi connectivity index (χ0) is 45.7. The van der Waals surface area contributed by atoms with Crippen LogP contribution in [0.25, 0.3) is 93.7 Å². The van der Waals surface area contributed by atoms with E-state index in [0.717, 1.165) is 94.8 Å². The molecule has 0 amide bonds. The Morgan fingerprint density at radius 3 is 1.54 bits per heavy atom. The van der Waals surface area contributed by atoms with E-state index >= 15 is 0 Å². The Morgan fingerprint density at radius 1 is 0.471 bits per heavy atom. The van der Waals surface area contributed by atoms with Gasteiger partial charge in [-0.3, -0.25) is 4.98 Å². The molecule has 0 N–H and O–H groups in total. The van der Waals surface area contributed by atoms with Gasteiger partial charge < -0.3 is 28.2 Å². The van der Waals surface area contributed by atoms with Crippen molar-refractivity contribution < 1.29 is 25.8 Å². The molecule has 8 aromatic carbocycles. The van der Waals surface area contributed by atoms with Crippen LogP contribution in [0.2, 0.25) is 0 Å². The van der Waals surface area contributed by atoms with Crippen molar-refractivity contribution in [3.8, 4) is 39.8 Å². The van der Waals surface area contributed by atoms with Crippen LogP contribution in [0.1, 0.15) is 5.56 Å². The quantitative estimate of drug-likeness (QED) is 0.149. The first kappa shape index (κ1) is 41.7. The summed E-state index contributed by atoms with van der Waals surface area (Å²) in [4.78, 5) is 14.7. The van der Waals surface area contributed by atoms with Crippen LogP contribution in [0, 0.1) is 25.7 Å². The van der Waals surface area contributed by atoms with Crippen LogP contribution in [0.5, 0.6) is 11.5 Å². The van der Waals surface area contributed by atoms with Crippen molar-refractivity contribution in [3.05, 3.63) is 225 Å². The van der Waals surface area contributed by atoms with Gasteiger partial charge in [0.25, 0.3) is 0 Å². The summed E-state index contributed by atoms with van der Waals surface area (Å²) in [5.74, 6) is 1.96. The third-order valence-electron chi connectivity index (χ3n) is 13.7. The first-order valence-corrected chi connectivity index (χ1v) is 23.1. The fourth-order valence-electron chi connectivity index (χ4n) is 10.7. The number of nitrogens with zero attached hydrogens (tertiary/aromatic N) is 7. The summed E-state index contributed by atoms with van der Waals surface area (Å²) in [6, 6.07) is 70.9. The van der Waals surface area contributed by atoms with E-state index in [1.54, 1.807) is 0 Å². The topological polar surface area (TPSA) is 56.3 Å². The summed E-state index contributed by atoms with van der Waals surface area (Å²) in [5, 5.41) is 6.91. The Kier molecular flexibility index (Phi) is 9.75. The number of ether oxygens (including phenoxy) is 1. The molecule has 338 valence electrons. The number of rotatable bonds is 7. The van der Waals surface area contributed by atoms with Crippen molar-refractivity contribution in [3.63, 3.8) is 0 Å². The average molecular weight is 1080 g/mol. The molecular weight excluding hydrogens is 1040 g/mol. The van der Waals surface area contributed by atoms with Gasteiger partial charge in [0, 0.05) is 88.3 Å². The number of pyridine rings is 2. The molecule has 70 heavy (non-hydrogen) atoms. The second-order valence-corrected chi connectivity index (χ2v) is 17.7. The van der Waals surface area contributed by atoms with Crippen molar-refractivity contribution >= 4 is 82.5 Å². The molecular formula is C61H40N7OPt-3. The Balaban J connectivity index is 0.00000480. The van der Waals surface area contributed by atoms with E-state index in [2.05, 4.69) is 214 Å². The van der Waals surface area contributed by atoms with Crippen LogP contribution in [-0.4, -0.2) is 30.7 Å². The van der Waals surface area contributed by atoms with Crippen LogP contribution < -0.4 is 14.5 Å². The summed E-state index contributed by atoms with van der Waals surface area (Å²) in [6.07, 6.45) is 6.06. The summed E-state index contributed by atoms with van der Waals surface area (Å²) >= 11 is 0. The molecule has 5 aromatic heterocycles. The first-order chi connectivity index (χ1) is 34.1. The fourth-order valence-corrected chi connectivity index (χ4v) is 10.7. The van der Waals surface area contributed by atoms with Gasteiger partial charge in [-0.25, -0.2) is 4.98 Å². The van der Waals surface area contributed by atoms with E-state index in [1.165, 1.54) is 21.5 Å². The van der Waals surface area contributed by atoms with Crippen molar-refractivity contribution in [2.45, 2.75) is 6.92 Å². The third kappa shape index (κ3) is 6.33. The zero-order valence-electron chi connectivity index (χ0n) is 38.0. The summed E-state index contributed by atoms with van der Waals surface area (Å²) in [6.45, 7) is 4.26. The van der Waals surface area contributed by atoms with E-state index in [4.69, 9.17) is 14.7 Å². The molecule has 1 aliphatic heterocycles. The average Bonchev–Trinajstić information content (AvgIpc) is 4.12. The van der Waals surface area contributed by atoms with E-state index in [-0.39, 0.29) is 21.1 Å². The van der Waals surface area contributed by atoms with Gasteiger partial charge in [0.1, 0.15) is 5.82 Å². The second-order valence-electron chi connectivity index (χ2n) is 17.7. The Hall–Kier alpha value is -8.45. The van der Waals surface area contributed by atoms with E-state index in [9.17, 15) is 0 Å². The maximum Gasteiger partial charge on any atom is 0.135 e. The first-order valence-electron chi connectivity index (χ1n) is 23.1. The maximum absolute atomic E-state index is 6.60. The minimum absolute atomic E-state index is 0. The summed E-state index contributed by atoms with van der Waals surface area (Å²) < 4.78 is 13.5. The van der Waals surface area contributed by atoms with Gasteiger partial charge >= 0.3 is 0 Å². The zero-order valence-corrected chi connectivity index (χ0v) is 40.3. The molecule has 13 aromatic rings. The number of hydrogen-bond donors (Lipinski definition) is 0. The van der Waals surface area contributed by atoms with Gasteiger partial charge in [-0.1, -0.05) is 109 Å². The molecule has 0 saturated carbocycles. The number of para-hydroxylation sites is 7. The van der Waals surface area contributed by atoms with Crippen LogP contribution in [-0.2, 0) is 21.1 Å². The van der Waals surface area contributed by atoms with Gasteiger partial charge in [-0.15, -0.1) is 41.4 Å². The Morgan fingerprint density at radius 2 is 0.971 bits per heavy atom. The Labute approximate surface area is 418 Å². The summed E-state index contributed by atoms with van der Waals surface area (Å²) in [7, 11) is 2.06. The number of fused-ring (bicyclic) bond motifs is 10. The van der Waals surface area contributed by atoms with Crippen LogP contribution in [0.4, 0.5) is 17.1 Å². The molecule has 9 heteroatoms. The predicted molar refractivity (Wildman–Crippen MR) is 281 cm³/mol. The molecule has 0 aliphatic carbocycles. The smallest absolute Gasteiger partial charge is 0.135 e. The molecule has 0 radical (unpaired) electrons. The van der Waals surface area contributed by atoms with Crippen molar-refractivity contribution in [2.75, 3.05) is 16.8 Å². The van der Waals surface area contributed by atoms with E-state index < -0.39 is 0 Å². The molecule has 0 saturated heterocycles. The molecule has 0 unspecified atom stereocenters.